The fourth-order valence-corrected chi connectivity index (χ4v) is 3.43. The molecule has 1 heterocycles. The smallest absolute Gasteiger partial charge is 0.153 e. The van der Waals surface area contributed by atoms with E-state index in [9.17, 15) is 13.5 Å². The third kappa shape index (κ3) is 1.72. The Balaban J connectivity index is 3.00. The molecule has 3 atom stereocenters. The van der Waals surface area contributed by atoms with Gasteiger partial charge in [0.1, 0.15) is 5.60 Å². The molecular formula is C9H14O3S. The highest BCUT2D eigenvalue weighted by Crippen LogP contribution is 2.32. The average Bonchev–Trinajstić information content (AvgIpc) is 2.01. The van der Waals surface area contributed by atoms with Gasteiger partial charge in [0.05, 0.1) is 11.0 Å². The largest absolute Gasteiger partial charge is 0.377 e. The standard InChI is InChI=1S/C9H14O3S/c1-4-9(10)5-8(3)13(11,12)6-7(9)2/h1,7-8,10H,5-6H2,2-3H3/t7-,8+,9?/m1/s1. The second kappa shape index (κ2) is 3.00. The zero-order valence-corrected chi connectivity index (χ0v) is 8.63. The van der Waals surface area contributed by atoms with Gasteiger partial charge >= 0.3 is 0 Å². The molecule has 1 rings (SSSR count). The quantitative estimate of drug-likeness (QED) is 0.571. The van der Waals surface area contributed by atoms with Crippen molar-refractivity contribution < 1.29 is 13.5 Å². The predicted molar refractivity (Wildman–Crippen MR) is 50.8 cm³/mol. The zero-order valence-electron chi connectivity index (χ0n) is 7.82. The minimum atomic E-state index is -3.05. The molecule has 1 saturated heterocycles. The van der Waals surface area contributed by atoms with E-state index in [-0.39, 0.29) is 18.1 Å². The van der Waals surface area contributed by atoms with Crippen molar-refractivity contribution in [2.24, 2.45) is 5.92 Å². The molecule has 74 valence electrons. The van der Waals surface area contributed by atoms with Crippen LogP contribution in [0.5, 0.6) is 0 Å². The SMILES string of the molecule is C#CC1(O)C[C@H](C)S(=O)(=O)C[C@H]1C. The molecule has 1 N–H and O–H groups in total. The molecule has 1 unspecified atom stereocenters. The van der Waals surface area contributed by atoms with Crippen molar-refractivity contribution in [2.75, 3.05) is 5.75 Å². The summed E-state index contributed by atoms with van der Waals surface area (Å²) in [4.78, 5) is 0. The van der Waals surface area contributed by atoms with Crippen LogP contribution in [0.1, 0.15) is 20.3 Å². The van der Waals surface area contributed by atoms with Gasteiger partial charge in [0, 0.05) is 12.3 Å². The number of rotatable bonds is 0. The van der Waals surface area contributed by atoms with Crippen LogP contribution in [0.15, 0.2) is 0 Å². The van der Waals surface area contributed by atoms with Crippen LogP contribution in [0.25, 0.3) is 0 Å². The summed E-state index contributed by atoms with van der Waals surface area (Å²) < 4.78 is 22.8. The number of hydrogen-bond acceptors (Lipinski definition) is 3. The minimum Gasteiger partial charge on any atom is -0.377 e. The number of sulfone groups is 1. The van der Waals surface area contributed by atoms with E-state index in [2.05, 4.69) is 5.92 Å². The first-order chi connectivity index (χ1) is 5.82. The van der Waals surface area contributed by atoms with Crippen LogP contribution in [-0.2, 0) is 9.84 Å². The summed E-state index contributed by atoms with van der Waals surface area (Å²) in [7, 11) is -3.05. The van der Waals surface area contributed by atoms with Crippen molar-refractivity contribution in [1.82, 2.24) is 0 Å². The number of terminal acetylenes is 1. The molecule has 1 aliphatic heterocycles. The van der Waals surface area contributed by atoms with Gasteiger partial charge in [-0.15, -0.1) is 6.42 Å². The molecule has 0 radical (unpaired) electrons. The molecule has 0 spiro atoms. The Labute approximate surface area is 79.1 Å². The Morgan fingerprint density at radius 1 is 1.54 bits per heavy atom. The van der Waals surface area contributed by atoms with Crippen molar-refractivity contribution in [1.29, 1.82) is 0 Å². The zero-order chi connectivity index (χ0) is 10.3. The lowest BCUT2D eigenvalue weighted by Gasteiger charge is -2.36. The van der Waals surface area contributed by atoms with Crippen LogP contribution in [-0.4, -0.2) is 30.1 Å². The predicted octanol–water partition coefficient (Wildman–Crippen LogP) is 0.194. The molecular weight excluding hydrogens is 188 g/mol. The van der Waals surface area contributed by atoms with Crippen molar-refractivity contribution in [3.63, 3.8) is 0 Å². The highest BCUT2D eigenvalue weighted by molar-refractivity contribution is 7.92. The molecule has 13 heavy (non-hydrogen) atoms. The molecule has 4 heteroatoms. The fraction of sp³-hybridized carbons (Fsp3) is 0.778. The minimum absolute atomic E-state index is 0.0190. The maximum Gasteiger partial charge on any atom is 0.153 e. The summed E-state index contributed by atoms with van der Waals surface area (Å²) in [5, 5.41) is 9.31. The van der Waals surface area contributed by atoms with Crippen LogP contribution < -0.4 is 0 Å². The third-order valence-corrected chi connectivity index (χ3v) is 5.12. The monoisotopic (exact) mass is 202 g/mol. The Kier molecular flexibility index (Phi) is 2.44. The first kappa shape index (κ1) is 10.6. The van der Waals surface area contributed by atoms with E-state index in [4.69, 9.17) is 6.42 Å². The molecule has 0 aromatic rings. The van der Waals surface area contributed by atoms with Crippen LogP contribution >= 0.6 is 0 Å². The van der Waals surface area contributed by atoms with Gasteiger partial charge in [-0.25, -0.2) is 8.42 Å². The summed E-state index contributed by atoms with van der Waals surface area (Å²) >= 11 is 0. The molecule has 1 fully saturated rings. The second-order valence-corrected chi connectivity index (χ2v) is 6.28. The Morgan fingerprint density at radius 3 is 2.54 bits per heavy atom. The summed E-state index contributed by atoms with van der Waals surface area (Å²) in [6.07, 6.45) is 5.33. The highest BCUT2D eigenvalue weighted by atomic mass is 32.2. The van der Waals surface area contributed by atoms with Crippen molar-refractivity contribution >= 4 is 9.84 Å². The van der Waals surface area contributed by atoms with Gasteiger partial charge in [0.15, 0.2) is 9.84 Å². The Hall–Kier alpha value is -0.530. The molecule has 0 amide bonds. The van der Waals surface area contributed by atoms with Crippen LogP contribution in [0.4, 0.5) is 0 Å². The molecule has 0 aromatic carbocycles. The molecule has 0 aliphatic carbocycles. The Bertz CT molecular complexity index is 338. The van der Waals surface area contributed by atoms with Gasteiger partial charge in [-0.2, -0.15) is 0 Å². The van der Waals surface area contributed by atoms with Gasteiger partial charge in [0.25, 0.3) is 0 Å². The van der Waals surface area contributed by atoms with E-state index in [1.54, 1.807) is 13.8 Å². The second-order valence-electron chi connectivity index (χ2n) is 3.81. The molecule has 0 bridgehead atoms. The van der Waals surface area contributed by atoms with Crippen molar-refractivity contribution in [3.8, 4) is 12.3 Å². The van der Waals surface area contributed by atoms with E-state index < -0.39 is 20.7 Å². The van der Waals surface area contributed by atoms with Gasteiger partial charge < -0.3 is 5.11 Å². The van der Waals surface area contributed by atoms with Crippen molar-refractivity contribution in [3.05, 3.63) is 0 Å². The number of aliphatic hydroxyl groups is 1. The molecule has 1 aliphatic rings. The summed E-state index contributed by atoms with van der Waals surface area (Å²) in [6, 6.07) is 0. The van der Waals surface area contributed by atoms with Crippen LogP contribution in [0.3, 0.4) is 0 Å². The normalized spacial score (nSPS) is 43.8. The first-order valence-corrected chi connectivity index (χ1v) is 5.95. The van der Waals surface area contributed by atoms with E-state index in [1.807, 2.05) is 0 Å². The third-order valence-electron chi connectivity index (χ3n) is 2.76. The summed E-state index contributed by atoms with van der Waals surface area (Å²) in [6.45, 7) is 3.26. The molecule has 0 saturated carbocycles. The lowest BCUT2D eigenvalue weighted by atomic mass is 9.86. The maximum atomic E-state index is 11.4. The van der Waals surface area contributed by atoms with Crippen LogP contribution in [0, 0.1) is 18.3 Å². The van der Waals surface area contributed by atoms with E-state index >= 15 is 0 Å². The van der Waals surface area contributed by atoms with Crippen molar-refractivity contribution in [2.45, 2.75) is 31.1 Å². The van der Waals surface area contributed by atoms with Gasteiger partial charge in [-0.05, 0) is 6.92 Å². The van der Waals surface area contributed by atoms with Crippen LogP contribution in [0.2, 0.25) is 0 Å². The molecule has 0 aromatic heterocycles. The van der Waals surface area contributed by atoms with Gasteiger partial charge in [-0.1, -0.05) is 12.8 Å². The summed E-state index contributed by atoms with van der Waals surface area (Å²) in [5.41, 5.74) is -1.25. The molecule has 3 nitrogen and oxygen atoms in total. The average molecular weight is 202 g/mol. The topological polar surface area (TPSA) is 54.4 Å². The summed E-state index contributed by atoms with van der Waals surface area (Å²) in [5.74, 6) is 1.89. The number of hydrogen-bond donors (Lipinski definition) is 1. The van der Waals surface area contributed by atoms with Gasteiger partial charge in [-0.3, -0.25) is 0 Å². The van der Waals surface area contributed by atoms with E-state index in [0.29, 0.717) is 0 Å². The highest BCUT2D eigenvalue weighted by Gasteiger charge is 2.44. The lowest BCUT2D eigenvalue weighted by Crippen LogP contribution is -2.48. The first-order valence-electron chi connectivity index (χ1n) is 4.23. The lowest BCUT2D eigenvalue weighted by molar-refractivity contribution is 0.0405. The van der Waals surface area contributed by atoms with Gasteiger partial charge in [0.2, 0.25) is 0 Å². The maximum absolute atomic E-state index is 11.4. The fourth-order valence-electron chi connectivity index (χ4n) is 1.62. The van der Waals surface area contributed by atoms with E-state index in [1.165, 1.54) is 0 Å². The van der Waals surface area contributed by atoms with E-state index in [0.717, 1.165) is 0 Å². The Morgan fingerprint density at radius 2 is 2.08 bits per heavy atom.